The number of rotatable bonds is 7. The zero-order valence-corrected chi connectivity index (χ0v) is 19.4. The third kappa shape index (κ3) is 4.59. The summed E-state index contributed by atoms with van der Waals surface area (Å²) in [5.41, 5.74) is 3.12. The Kier molecular flexibility index (Phi) is 6.17. The van der Waals surface area contributed by atoms with Gasteiger partial charge in [-0.3, -0.25) is 9.48 Å². The Morgan fingerprint density at radius 3 is 2.82 bits per heavy atom. The van der Waals surface area contributed by atoms with Crippen molar-refractivity contribution in [2.24, 2.45) is 5.92 Å². The molecule has 4 rings (SSSR count). The SMILES string of the molecule is COc1cc(F)ccc1Cn1cc(CNc2nc(C)c3c(n2)N(C)[C@@H](C(C)C)C(=O)N3)cn1. The van der Waals surface area contributed by atoms with Crippen LogP contribution in [0.2, 0.25) is 0 Å². The fourth-order valence-electron chi connectivity index (χ4n) is 4.08. The molecule has 1 aliphatic rings. The molecule has 0 unspecified atom stereocenters. The van der Waals surface area contributed by atoms with Crippen molar-refractivity contribution in [3.8, 4) is 5.75 Å². The van der Waals surface area contributed by atoms with Crippen LogP contribution in [0.3, 0.4) is 0 Å². The minimum Gasteiger partial charge on any atom is -0.496 e. The van der Waals surface area contributed by atoms with E-state index in [0.717, 1.165) is 11.1 Å². The first-order chi connectivity index (χ1) is 15.8. The molecular formula is C23H28FN7O2. The lowest BCUT2D eigenvalue weighted by atomic mass is 9.99. The number of benzene rings is 1. The van der Waals surface area contributed by atoms with Crippen LogP contribution in [0.4, 0.5) is 21.8 Å². The van der Waals surface area contributed by atoms with Crippen molar-refractivity contribution < 1.29 is 13.9 Å². The number of ether oxygens (including phenoxy) is 1. The van der Waals surface area contributed by atoms with Crippen molar-refractivity contribution >= 4 is 23.4 Å². The fourth-order valence-corrected chi connectivity index (χ4v) is 4.08. The minimum absolute atomic E-state index is 0.0439. The Hall–Kier alpha value is -3.69. The number of nitrogens with one attached hydrogen (secondary N) is 2. The van der Waals surface area contributed by atoms with Crippen molar-refractivity contribution in [2.45, 2.75) is 39.9 Å². The van der Waals surface area contributed by atoms with E-state index < -0.39 is 0 Å². The normalized spacial score (nSPS) is 15.4. The molecule has 0 saturated carbocycles. The van der Waals surface area contributed by atoms with Crippen molar-refractivity contribution in [3.63, 3.8) is 0 Å². The Bertz CT molecular complexity index is 1180. The van der Waals surface area contributed by atoms with Crippen molar-refractivity contribution in [1.82, 2.24) is 19.7 Å². The van der Waals surface area contributed by atoms with E-state index in [4.69, 9.17) is 4.74 Å². The van der Waals surface area contributed by atoms with Gasteiger partial charge in [-0.25, -0.2) is 9.37 Å². The van der Waals surface area contributed by atoms with Gasteiger partial charge in [-0.05, 0) is 18.9 Å². The molecular weight excluding hydrogens is 425 g/mol. The second kappa shape index (κ2) is 9.05. The lowest BCUT2D eigenvalue weighted by Gasteiger charge is -2.36. The molecule has 3 heterocycles. The lowest BCUT2D eigenvalue weighted by molar-refractivity contribution is -0.118. The summed E-state index contributed by atoms with van der Waals surface area (Å²) in [6.45, 7) is 6.81. The summed E-state index contributed by atoms with van der Waals surface area (Å²) in [5.74, 6) is 1.41. The highest BCUT2D eigenvalue weighted by Gasteiger charge is 2.35. The summed E-state index contributed by atoms with van der Waals surface area (Å²) in [5, 5.41) is 10.6. The van der Waals surface area contributed by atoms with Crippen LogP contribution in [0, 0.1) is 18.7 Å². The number of hydrogen-bond acceptors (Lipinski definition) is 7. The Balaban J connectivity index is 1.47. The van der Waals surface area contributed by atoms with Crippen LogP contribution >= 0.6 is 0 Å². The zero-order valence-electron chi connectivity index (χ0n) is 19.4. The highest BCUT2D eigenvalue weighted by Crippen LogP contribution is 2.34. The van der Waals surface area contributed by atoms with Crippen LogP contribution in [0.15, 0.2) is 30.6 Å². The van der Waals surface area contributed by atoms with E-state index in [2.05, 4.69) is 25.7 Å². The highest BCUT2D eigenvalue weighted by molar-refractivity contribution is 6.03. The summed E-state index contributed by atoms with van der Waals surface area (Å²) in [6, 6.07) is 4.17. The van der Waals surface area contributed by atoms with Gasteiger partial charge in [0.2, 0.25) is 11.9 Å². The molecule has 0 radical (unpaired) electrons. The summed E-state index contributed by atoms with van der Waals surface area (Å²) >= 11 is 0. The monoisotopic (exact) mass is 453 g/mol. The number of likely N-dealkylation sites (N-methyl/N-ethyl adjacent to an activating group) is 1. The number of nitrogens with zero attached hydrogens (tertiary/aromatic N) is 5. The molecule has 1 aliphatic heterocycles. The third-order valence-electron chi connectivity index (χ3n) is 5.69. The molecule has 2 aromatic heterocycles. The Morgan fingerprint density at radius 2 is 2.09 bits per heavy atom. The predicted octanol–water partition coefficient (Wildman–Crippen LogP) is 3.20. The minimum atomic E-state index is -0.341. The third-order valence-corrected chi connectivity index (χ3v) is 5.69. The maximum Gasteiger partial charge on any atom is 0.247 e. The smallest absolute Gasteiger partial charge is 0.247 e. The number of carbonyl (C=O) groups is 1. The van der Waals surface area contributed by atoms with Gasteiger partial charge in [0.15, 0.2) is 5.82 Å². The maximum atomic E-state index is 13.4. The molecule has 33 heavy (non-hydrogen) atoms. The van der Waals surface area contributed by atoms with E-state index in [-0.39, 0.29) is 23.7 Å². The Morgan fingerprint density at radius 1 is 1.30 bits per heavy atom. The fraction of sp³-hybridized carbons (Fsp3) is 0.391. The number of aromatic nitrogens is 4. The topological polar surface area (TPSA) is 97.2 Å². The average Bonchev–Trinajstić information content (AvgIpc) is 3.21. The molecule has 10 heteroatoms. The maximum absolute atomic E-state index is 13.4. The molecule has 0 spiro atoms. The van der Waals surface area contributed by atoms with Gasteiger partial charge in [-0.2, -0.15) is 10.1 Å². The van der Waals surface area contributed by atoms with Gasteiger partial charge in [-0.15, -0.1) is 0 Å². The van der Waals surface area contributed by atoms with Crippen LogP contribution in [0.5, 0.6) is 5.75 Å². The van der Waals surface area contributed by atoms with E-state index in [1.807, 2.05) is 38.9 Å². The first kappa shape index (κ1) is 22.5. The van der Waals surface area contributed by atoms with Gasteiger partial charge in [0.25, 0.3) is 0 Å². The van der Waals surface area contributed by atoms with Crippen LogP contribution in [0.1, 0.15) is 30.7 Å². The van der Waals surface area contributed by atoms with E-state index in [9.17, 15) is 9.18 Å². The number of methoxy groups -OCH3 is 1. The van der Waals surface area contributed by atoms with Gasteiger partial charge in [0, 0.05) is 37.0 Å². The molecule has 0 fully saturated rings. The zero-order chi connectivity index (χ0) is 23.7. The van der Waals surface area contributed by atoms with Crippen molar-refractivity contribution in [1.29, 1.82) is 0 Å². The predicted molar refractivity (Wildman–Crippen MR) is 124 cm³/mol. The second-order valence-electron chi connectivity index (χ2n) is 8.48. The quantitative estimate of drug-likeness (QED) is 0.567. The van der Waals surface area contributed by atoms with Crippen LogP contribution in [0.25, 0.3) is 0 Å². The van der Waals surface area contributed by atoms with Crippen LogP contribution in [-0.4, -0.2) is 45.9 Å². The van der Waals surface area contributed by atoms with Crippen LogP contribution < -0.4 is 20.3 Å². The van der Waals surface area contributed by atoms with Gasteiger partial charge in [0.1, 0.15) is 23.3 Å². The molecule has 0 saturated heterocycles. The summed E-state index contributed by atoms with van der Waals surface area (Å²) in [6.07, 6.45) is 3.66. The van der Waals surface area contributed by atoms with E-state index in [1.165, 1.54) is 19.2 Å². The second-order valence-corrected chi connectivity index (χ2v) is 8.48. The lowest BCUT2D eigenvalue weighted by Crippen LogP contribution is -2.49. The van der Waals surface area contributed by atoms with Crippen molar-refractivity contribution in [2.75, 3.05) is 29.7 Å². The van der Waals surface area contributed by atoms with E-state index in [0.29, 0.717) is 42.0 Å². The largest absolute Gasteiger partial charge is 0.496 e. The van der Waals surface area contributed by atoms with Gasteiger partial charge < -0.3 is 20.3 Å². The summed E-state index contributed by atoms with van der Waals surface area (Å²) in [7, 11) is 3.40. The molecule has 1 aromatic carbocycles. The number of amides is 1. The van der Waals surface area contributed by atoms with Crippen molar-refractivity contribution in [3.05, 3.63) is 53.2 Å². The molecule has 0 bridgehead atoms. The number of anilines is 3. The molecule has 1 atom stereocenters. The number of fused-ring (bicyclic) bond motifs is 1. The number of halogens is 1. The number of carbonyl (C=O) groups excluding carboxylic acids is 1. The molecule has 3 aromatic rings. The van der Waals surface area contributed by atoms with Gasteiger partial charge >= 0.3 is 0 Å². The molecule has 174 valence electrons. The number of aryl methyl sites for hydroxylation is 1. The first-order valence-corrected chi connectivity index (χ1v) is 10.8. The molecule has 0 aliphatic carbocycles. The first-order valence-electron chi connectivity index (χ1n) is 10.8. The highest BCUT2D eigenvalue weighted by atomic mass is 19.1. The molecule has 1 amide bonds. The Labute approximate surface area is 192 Å². The summed E-state index contributed by atoms with van der Waals surface area (Å²) < 4.78 is 20.5. The van der Waals surface area contributed by atoms with Crippen LogP contribution in [-0.2, 0) is 17.9 Å². The average molecular weight is 454 g/mol. The van der Waals surface area contributed by atoms with E-state index in [1.54, 1.807) is 16.9 Å². The van der Waals surface area contributed by atoms with Gasteiger partial charge in [0.05, 0.1) is 25.5 Å². The standard InChI is InChI=1S/C23H28FN7O2/c1-13(2)20-22(32)28-19-14(3)27-23(29-21(19)30(20)4)25-9-15-10-26-31(11-15)12-16-6-7-17(24)8-18(16)33-5/h6-8,10-11,13,20H,9,12H2,1-5H3,(H,28,32)(H,25,27,29)/t20-/m0/s1. The van der Waals surface area contributed by atoms with E-state index >= 15 is 0 Å². The number of hydrogen-bond donors (Lipinski definition) is 2. The molecule has 2 N–H and O–H groups in total. The van der Waals surface area contributed by atoms with Gasteiger partial charge in [-0.1, -0.05) is 19.9 Å². The molecule has 9 nitrogen and oxygen atoms in total. The summed E-state index contributed by atoms with van der Waals surface area (Å²) in [4.78, 5) is 23.6.